The van der Waals surface area contributed by atoms with Gasteiger partial charge in [-0.3, -0.25) is 9.59 Å². The van der Waals surface area contributed by atoms with E-state index in [9.17, 15) is 9.59 Å². The number of methoxy groups -OCH3 is 1. The first kappa shape index (κ1) is 14.8. The van der Waals surface area contributed by atoms with Gasteiger partial charge in [0.1, 0.15) is 11.6 Å². The summed E-state index contributed by atoms with van der Waals surface area (Å²) in [5.74, 6) is -0.542. The molecule has 1 saturated heterocycles. The van der Waals surface area contributed by atoms with E-state index in [4.69, 9.17) is 11.6 Å². The van der Waals surface area contributed by atoms with Crippen molar-refractivity contribution in [1.29, 1.82) is 0 Å². The second-order valence-corrected chi connectivity index (χ2v) is 5.06. The molecule has 0 unspecified atom stereocenters. The average molecular weight is 301 g/mol. The molecule has 1 aromatic rings. The van der Waals surface area contributed by atoms with Crippen LogP contribution in [-0.4, -0.2) is 48.5 Å². The van der Waals surface area contributed by atoms with E-state index < -0.39 is 11.5 Å². The third kappa shape index (κ3) is 3.10. The highest BCUT2D eigenvalue weighted by atomic mass is 35.5. The lowest BCUT2D eigenvalue weighted by molar-refractivity contribution is -0.141. The van der Waals surface area contributed by atoms with Crippen LogP contribution in [0.25, 0.3) is 0 Å². The molecule has 0 saturated carbocycles. The molecule has 0 aliphatic carbocycles. The number of piperazine rings is 1. The zero-order valence-electron chi connectivity index (χ0n) is 11.4. The van der Waals surface area contributed by atoms with Gasteiger partial charge in [-0.05, 0) is 6.92 Å². The molecule has 1 aliphatic heterocycles. The van der Waals surface area contributed by atoms with Gasteiger partial charge in [-0.1, -0.05) is 11.6 Å². The number of carbonyl (C=O) groups excluding carboxylic acids is 1. The van der Waals surface area contributed by atoms with Gasteiger partial charge in [-0.15, -0.1) is 0 Å². The van der Waals surface area contributed by atoms with Crippen LogP contribution in [0.4, 0.5) is 5.69 Å². The predicted molar refractivity (Wildman–Crippen MR) is 75.2 cm³/mol. The summed E-state index contributed by atoms with van der Waals surface area (Å²) >= 11 is 6.12. The predicted octanol–water partition coefficient (Wildman–Crippen LogP) is -0.132. The maximum atomic E-state index is 12.1. The lowest BCUT2D eigenvalue weighted by Crippen LogP contribution is -2.49. The van der Waals surface area contributed by atoms with Gasteiger partial charge in [-0.2, -0.15) is 5.10 Å². The van der Waals surface area contributed by atoms with Crippen molar-refractivity contribution in [3.8, 4) is 0 Å². The van der Waals surface area contributed by atoms with E-state index in [0.29, 0.717) is 11.7 Å². The van der Waals surface area contributed by atoms with Gasteiger partial charge in [0, 0.05) is 25.7 Å². The van der Waals surface area contributed by atoms with Gasteiger partial charge < -0.3 is 15.0 Å². The van der Waals surface area contributed by atoms with Gasteiger partial charge in [0.15, 0.2) is 0 Å². The Balaban J connectivity index is 2.26. The molecule has 20 heavy (non-hydrogen) atoms. The Morgan fingerprint density at radius 1 is 1.65 bits per heavy atom. The smallest absolute Gasteiger partial charge is 0.327 e. The standard InChI is InChI=1S/C12H17ClN4O3/c1-8-6-16(4-3-14-8)9-5-15-17(7-10(18)20-2)12(19)11(9)13/h5,8,14H,3-4,6-7H2,1-2H3/t8-/m1/s1. The van der Waals surface area contributed by atoms with Gasteiger partial charge in [0.25, 0.3) is 5.56 Å². The van der Waals surface area contributed by atoms with E-state index in [1.54, 1.807) is 0 Å². The zero-order valence-corrected chi connectivity index (χ0v) is 12.2. The van der Waals surface area contributed by atoms with Crippen LogP contribution in [0.15, 0.2) is 11.0 Å². The molecule has 0 radical (unpaired) electrons. The fourth-order valence-corrected chi connectivity index (χ4v) is 2.39. The largest absolute Gasteiger partial charge is 0.468 e. The molecular formula is C12H17ClN4O3. The number of halogens is 1. The van der Waals surface area contributed by atoms with Crippen molar-refractivity contribution in [2.45, 2.75) is 19.5 Å². The summed E-state index contributed by atoms with van der Waals surface area (Å²) < 4.78 is 5.51. The summed E-state index contributed by atoms with van der Waals surface area (Å²) in [5.41, 5.74) is 0.117. The Labute approximate surface area is 121 Å². The Bertz CT molecular complexity index is 560. The maximum absolute atomic E-state index is 12.1. The van der Waals surface area contributed by atoms with E-state index in [-0.39, 0.29) is 11.6 Å². The Kier molecular flexibility index (Phi) is 4.61. The molecule has 1 aromatic heterocycles. The number of hydrogen-bond donors (Lipinski definition) is 1. The summed E-state index contributed by atoms with van der Waals surface area (Å²) in [6.45, 7) is 4.15. The molecule has 110 valence electrons. The topological polar surface area (TPSA) is 76.5 Å². The van der Waals surface area contributed by atoms with Crippen molar-refractivity contribution < 1.29 is 9.53 Å². The SMILES string of the molecule is COC(=O)Cn1ncc(N2CCN[C@H](C)C2)c(Cl)c1=O. The Morgan fingerprint density at radius 2 is 2.40 bits per heavy atom. The Morgan fingerprint density at radius 3 is 3.05 bits per heavy atom. The van der Waals surface area contributed by atoms with Crippen LogP contribution in [-0.2, 0) is 16.1 Å². The number of rotatable bonds is 3. The minimum Gasteiger partial charge on any atom is -0.468 e. The van der Waals surface area contributed by atoms with Crippen molar-refractivity contribution in [3.05, 3.63) is 21.6 Å². The van der Waals surface area contributed by atoms with E-state index in [1.807, 2.05) is 4.90 Å². The average Bonchev–Trinajstić information content (AvgIpc) is 2.44. The van der Waals surface area contributed by atoms with Crippen LogP contribution in [0.1, 0.15) is 6.92 Å². The van der Waals surface area contributed by atoms with E-state index >= 15 is 0 Å². The van der Waals surface area contributed by atoms with Crippen LogP contribution < -0.4 is 15.8 Å². The molecule has 0 aromatic carbocycles. The molecule has 0 spiro atoms. The van der Waals surface area contributed by atoms with Crippen LogP contribution in [0.3, 0.4) is 0 Å². The van der Waals surface area contributed by atoms with Crippen molar-refractivity contribution >= 4 is 23.3 Å². The van der Waals surface area contributed by atoms with Crippen molar-refractivity contribution in [2.75, 3.05) is 31.6 Å². The van der Waals surface area contributed by atoms with Crippen LogP contribution in [0, 0.1) is 0 Å². The minimum atomic E-state index is -0.542. The highest BCUT2D eigenvalue weighted by molar-refractivity contribution is 6.33. The zero-order chi connectivity index (χ0) is 14.7. The second kappa shape index (κ2) is 6.23. The quantitative estimate of drug-likeness (QED) is 0.784. The number of nitrogens with one attached hydrogen (secondary N) is 1. The van der Waals surface area contributed by atoms with Gasteiger partial charge >= 0.3 is 5.97 Å². The summed E-state index contributed by atoms with van der Waals surface area (Å²) in [6.07, 6.45) is 1.52. The molecule has 1 aliphatic rings. The first-order chi connectivity index (χ1) is 9.52. The number of nitrogens with zero attached hydrogens (tertiary/aromatic N) is 3. The number of esters is 1. The first-order valence-electron chi connectivity index (χ1n) is 6.33. The molecule has 1 atom stereocenters. The number of anilines is 1. The van der Waals surface area contributed by atoms with Crippen molar-refractivity contribution in [3.63, 3.8) is 0 Å². The van der Waals surface area contributed by atoms with Crippen LogP contribution >= 0.6 is 11.6 Å². The van der Waals surface area contributed by atoms with Crippen LogP contribution in [0.2, 0.25) is 5.02 Å². The third-order valence-corrected chi connectivity index (χ3v) is 3.54. The Hall–Kier alpha value is -1.60. The molecule has 2 rings (SSSR count). The van der Waals surface area contributed by atoms with E-state index in [1.165, 1.54) is 13.3 Å². The number of hydrogen-bond acceptors (Lipinski definition) is 6. The van der Waals surface area contributed by atoms with Gasteiger partial charge in [-0.25, -0.2) is 4.68 Å². The summed E-state index contributed by atoms with van der Waals surface area (Å²) in [4.78, 5) is 25.3. The monoisotopic (exact) mass is 300 g/mol. The van der Waals surface area contributed by atoms with Crippen LogP contribution in [0.5, 0.6) is 0 Å². The molecule has 0 amide bonds. The van der Waals surface area contributed by atoms with Crippen molar-refractivity contribution in [2.24, 2.45) is 0 Å². The molecule has 8 heteroatoms. The second-order valence-electron chi connectivity index (χ2n) is 4.68. The molecule has 0 bridgehead atoms. The third-order valence-electron chi connectivity index (χ3n) is 3.18. The molecule has 2 heterocycles. The first-order valence-corrected chi connectivity index (χ1v) is 6.71. The molecule has 1 fully saturated rings. The van der Waals surface area contributed by atoms with Gasteiger partial charge in [0.2, 0.25) is 0 Å². The minimum absolute atomic E-state index is 0.0815. The fourth-order valence-electron chi connectivity index (χ4n) is 2.13. The molecule has 1 N–H and O–H groups in total. The highest BCUT2D eigenvalue weighted by Crippen LogP contribution is 2.21. The maximum Gasteiger partial charge on any atom is 0.327 e. The lowest BCUT2D eigenvalue weighted by atomic mass is 10.2. The van der Waals surface area contributed by atoms with Crippen molar-refractivity contribution in [1.82, 2.24) is 15.1 Å². The number of aromatic nitrogens is 2. The number of carbonyl (C=O) groups is 1. The summed E-state index contributed by atoms with van der Waals surface area (Å²) in [5, 5.41) is 7.38. The lowest BCUT2D eigenvalue weighted by Gasteiger charge is -2.33. The fraction of sp³-hybridized carbons (Fsp3) is 0.583. The number of ether oxygens (including phenoxy) is 1. The normalized spacial score (nSPS) is 18.9. The highest BCUT2D eigenvalue weighted by Gasteiger charge is 2.21. The summed E-state index contributed by atoms with van der Waals surface area (Å²) in [7, 11) is 1.26. The van der Waals surface area contributed by atoms with E-state index in [2.05, 4.69) is 22.1 Å². The summed E-state index contributed by atoms with van der Waals surface area (Å²) in [6, 6.07) is 0.317. The van der Waals surface area contributed by atoms with Gasteiger partial charge in [0.05, 0.1) is 19.0 Å². The molecule has 7 nitrogen and oxygen atoms in total. The molecular weight excluding hydrogens is 284 g/mol. The van der Waals surface area contributed by atoms with E-state index in [0.717, 1.165) is 24.3 Å².